The Morgan fingerprint density at radius 3 is 2.71 bits per heavy atom. The van der Waals surface area contributed by atoms with E-state index in [0.717, 1.165) is 17.0 Å². The fraction of sp³-hybridized carbons (Fsp3) is 0.412. The van der Waals surface area contributed by atoms with Gasteiger partial charge in [-0.3, -0.25) is 4.79 Å². The van der Waals surface area contributed by atoms with Crippen LogP contribution in [0, 0.1) is 6.92 Å². The molecule has 1 amide bonds. The average molecular weight is 349 g/mol. The molecule has 0 saturated carbocycles. The molecule has 0 aliphatic rings. The van der Waals surface area contributed by atoms with Gasteiger partial charge in [-0.05, 0) is 38.0 Å². The molecule has 0 bridgehead atoms. The van der Waals surface area contributed by atoms with E-state index in [1.165, 1.54) is 11.3 Å². The van der Waals surface area contributed by atoms with Gasteiger partial charge in [-0.2, -0.15) is 0 Å². The maximum absolute atomic E-state index is 10.7. The zero-order valence-corrected chi connectivity index (χ0v) is 14.7. The number of nitrogens with zero attached hydrogens (tertiary/aromatic N) is 1. The quantitative estimate of drug-likeness (QED) is 0.638. The molecule has 4 N–H and O–H groups in total. The van der Waals surface area contributed by atoms with Crippen LogP contribution >= 0.6 is 11.3 Å². The van der Waals surface area contributed by atoms with Gasteiger partial charge in [-0.25, -0.2) is 4.98 Å². The zero-order chi connectivity index (χ0) is 17.5. The average Bonchev–Trinajstić information content (AvgIpc) is 2.98. The van der Waals surface area contributed by atoms with E-state index in [0.29, 0.717) is 18.0 Å². The van der Waals surface area contributed by atoms with E-state index in [9.17, 15) is 9.90 Å². The molecule has 0 fully saturated rings. The van der Waals surface area contributed by atoms with E-state index in [1.54, 1.807) is 0 Å². The van der Waals surface area contributed by atoms with Crippen LogP contribution in [0.1, 0.15) is 29.3 Å². The molecule has 130 valence electrons. The van der Waals surface area contributed by atoms with Crippen molar-refractivity contribution in [2.24, 2.45) is 5.73 Å². The largest absolute Gasteiger partial charge is 0.484 e. The number of carbonyl (C=O) groups is 1. The number of rotatable bonds is 9. The minimum absolute atomic E-state index is 0.120. The predicted molar refractivity (Wildman–Crippen MR) is 94.1 cm³/mol. The first-order valence-corrected chi connectivity index (χ1v) is 8.65. The van der Waals surface area contributed by atoms with Crippen molar-refractivity contribution in [3.63, 3.8) is 0 Å². The number of aromatic nitrogens is 1. The Kier molecular flexibility index (Phi) is 6.72. The lowest BCUT2D eigenvalue weighted by molar-refractivity contribution is -0.119. The third-order valence-corrected chi connectivity index (χ3v) is 4.28. The summed E-state index contributed by atoms with van der Waals surface area (Å²) in [6, 6.07) is 7.75. The van der Waals surface area contributed by atoms with Gasteiger partial charge in [0, 0.05) is 18.0 Å². The Morgan fingerprint density at radius 1 is 1.42 bits per heavy atom. The third-order valence-electron chi connectivity index (χ3n) is 3.48. The van der Waals surface area contributed by atoms with Crippen LogP contribution in [-0.4, -0.2) is 35.2 Å². The molecular weight excluding hydrogens is 326 g/mol. The van der Waals surface area contributed by atoms with Gasteiger partial charge in [0.25, 0.3) is 5.91 Å². The second kappa shape index (κ2) is 8.77. The number of nitrogens with one attached hydrogen (secondary N) is 1. The number of primary amides is 1. The Morgan fingerprint density at radius 2 is 2.12 bits per heavy atom. The van der Waals surface area contributed by atoms with Gasteiger partial charge < -0.3 is 20.9 Å². The minimum atomic E-state index is -0.595. The smallest absolute Gasteiger partial charge is 0.255 e. The molecule has 0 saturated heterocycles. The van der Waals surface area contributed by atoms with Crippen molar-refractivity contribution in [3.05, 3.63) is 45.9 Å². The summed E-state index contributed by atoms with van der Waals surface area (Å²) in [6.07, 6.45) is 0.223. The number of aliphatic hydroxyl groups excluding tert-OH is 1. The summed E-state index contributed by atoms with van der Waals surface area (Å²) in [6.45, 7) is 4.33. The number of carbonyl (C=O) groups excluding carboxylic acids is 1. The number of thiazole rings is 1. The van der Waals surface area contributed by atoms with E-state index in [-0.39, 0.29) is 12.6 Å². The highest BCUT2D eigenvalue weighted by molar-refractivity contribution is 7.09. The van der Waals surface area contributed by atoms with Crippen molar-refractivity contribution in [3.8, 4) is 5.75 Å². The van der Waals surface area contributed by atoms with Gasteiger partial charge >= 0.3 is 0 Å². The third kappa shape index (κ3) is 5.92. The number of aliphatic hydroxyl groups is 1. The first kappa shape index (κ1) is 18.4. The summed E-state index contributed by atoms with van der Waals surface area (Å²) < 4.78 is 5.23. The first-order chi connectivity index (χ1) is 11.4. The molecule has 1 aromatic heterocycles. The molecule has 2 atom stereocenters. The molecule has 1 heterocycles. The summed E-state index contributed by atoms with van der Waals surface area (Å²) in [5, 5.41) is 16.3. The van der Waals surface area contributed by atoms with Crippen LogP contribution in [0.5, 0.6) is 5.75 Å². The maximum atomic E-state index is 10.7. The van der Waals surface area contributed by atoms with Crippen molar-refractivity contribution in [2.45, 2.75) is 32.4 Å². The summed E-state index contributed by atoms with van der Waals surface area (Å²) in [4.78, 5) is 15.0. The van der Waals surface area contributed by atoms with Crippen LogP contribution < -0.4 is 15.8 Å². The molecule has 2 rings (SSSR count). The number of hydrogen-bond acceptors (Lipinski definition) is 6. The Labute approximate surface area is 145 Å². The van der Waals surface area contributed by atoms with Gasteiger partial charge in [0.05, 0.1) is 10.7 Å². The summed E-state index contributed by atoms with van der Waals surface area (Å²) >= 11 is 1.54. The fourth-order valence-electron chi connectivity index (χ4n) is 2.25. The number of ether oxygens (including phenoxy) is 1. The highest BCUT2D eigenvalue weighted by Gasteiger charge is 2.12. The maximum Gasteiger partial charge on any atom is 0.255 e. The monoisotopic (exact) mass is 349 g/mol. The number of aryl methyl sites for hydroxylation is 1. The molecule has 2 unspecified atom stereocenters. The van der Waals surface area contributed by atoms with Crippen molar-refractivity contribution in [1.29, 1.82) is 0 Å². The Bertz CT molecular complexity index is 657. The van der Waals surface area contributed by atoms with Crippen LogP contribution in [0.25, 0.3) is 0 Å². The number of hydrogen-bond donors (Lipinski definition) is 3. The second-order valence-corrected chi connectivity index (χ2v) is 6.78. The van der Waals surface area contributed by atoms with Crippen molar-refractivity contribution in [1.82, 2.24) is 10.3 Å². The Hall–Kier alpha value is -1.96. The zero-order valence-electron chi connectivity index (χ0n) is 13.9. The molecule has 24 heavy (non-hydrogen) atoms. The number of nitrogens with two attached hydrogens (primary N) is 1. The van der Waals surface area contributed by atoms with Gasteiger partial charge in [0.15, 0.2) is 6.61 Å². The van der Waals surface area contributed by atoms with E-state index >= 15 is 0 Å². The van der Waals surface area contributed by atoms with Crippen LogP contribution in [-0.2, 0) is 11.2 Å². The molecule has 0 aliphatic heterocycles. The van der Waals surface area contributed by atoms with Gasteiger partial charge in [0.1, 0.15) is 11.9 Å². The van der Waals surface area contributed by atoms with Crippen molar-refractivity contribution in [2.75, 3.05) is 13.2 Å². The van der Waals surface area contributed by atoms with Crippen molar-refractivity contribution < 1.29 is 14.6 Å². The lowest BCUT2D eigenvalue weighted by Gasteiger charge is -2.16. The van der Waals surface area contributed by atoms with E-state index in [4.69, 9.17) is 10.5 Å². The normalized spacial score (nSPS) is 13.5. The van der Waals surface area contributed by atoms with Crippen LogP contribution in [0.3, 0.4) is 0 Å². The lowest BCUT2D eigenvalue weighted by atomic mass is 10.1. The van der Waals surface area contributed by atoms with E-state index in [1.807, 2.05) is 36.6 Å². The summed E-state index contributed by atoms with van der Waals surface area (Å²) in [7, 11) is 0. The van der Waals surface area contributed by atoms with Crippen LogP contribution in [0.4, 0.5) is 0 Å². The lowest BCUT2D eigenvalue weighted by Crippen LogP contribution is -2.32. The highest BCUT2D eigenvalue weighted by atomic mass is 32.1. The molecule has 7 heteroatoms. The highest BCUT2D eigenvalue weighted by Crippen LogP contribution is 2.16. The molecular formula is C17H23N3O3S. The topological polar surface area (TPSA) is 97.5 Å². The van der Waals surface area contributed by atoms with E-state index in [2.05, 4.69) is 17.2 Å². The van der Waals surface area contributed by atoms with Gasteiger partial charge in [0.2, 0.25) is 0 Å². The van der Waals surface area contributed by atoms with Gasteiger partial charge in [-0.15, -0.1) is 11.3 Å². The number of benzene rings is 1. The molecule has 6 nitrogen and oxygen atoms in total. The SMILES string of the molecule is Cc1nc(C(O)CNC(C)Cc2ccc(OCC(N)=O)cc2)cs1. The summed E-state index contributed by atoms with van der Waals surface area (Å²) in [5.41, 5.74) is 6.90. The van der Waals surface area contributed by atoms with Gasteiger partial charge in [-0.1, -0.05) is 12.1 Å². The molecule has 1 aromatic carbocycles. The molecule has 0 radical (unpaired) electrons. The summed E-state index contributed by atoms with van der Waals surface area (Å²) in [5.74, 6) is 0.123. The molecule has 2 aromatic rings. The van der Waals surface area contributed by atoms with E-state index < -0.39 is 12.0 Å². The Balaban J connectivity index is 1.77. The first-order valence-electron chi connectivity index (χ1n) is 7.77. The van der Waals surface area contributed by atoms with Crippen LogP contribution in [0.15, 0.2) is 29.6 Å². The standard InChI is InChI=1S/C17H23N3O3S/c1-11(19-8-16(21)15-10-24-12(2)20-15)7-13-3-5-14(6-4-13)23-9-17(18)22/h3-6,10-11,16,19,21H,7-9H2,1-2H3,(H2,18,22). The minimum Gasteiger partial charge on any atom is -0.484 e. The molecule has 0 spiro atoms. The predicted octanol–water partition coefficient (Wildman–Crippen LogP) is 1.57. The van der Waals surface area contributed by atoms with Crippen molar-refractivity contribution >= 4 is 17.2 Å². The van der Waals surface area contributed by atoms with Crippen LogP contribution in [0.2, 0.25) is 0 Å². The fourth-order valence-corrected chi connectivity index (χ4v) is 2.91. The molecule has 0 aliphatic carbocycles. The number of amides is 1. The second-order valence-electron chi connectivity index (χ2n) is 5.72.